The van der Waals surface area contributed by atoms with Gasteiger partial charge in [-0.15, -0.1) is 0 Å². The third-order valence-electron chi connectivity index (χ3n) is 8.79. The zero-order valence-corrected chi connectivity index (χ0v) is 16.5. The first kappa shape index (κ1) is 18.6. The molecule has 7 heteroatoms. The molecule has 3 saturated carbocycles. The fourth-order valence-corrected chi connectivity index (χ4v) is 8.12. The summed E-state index contributed by atoms with van der Waals surface area (Å²) in [6.07, 6.45) is 1.67. The van der Waals surface area contributed by atoms with E-state index in [1.807, 2.05) is 26.0 Å². The second-order valence-electron chi connectivity index (χ2n) is 9.97. The molecule has 6 nitrogen and oxygen atoms in total. The molecule has 0 radical (unpaired) electrons. The molecule has 27 heavy (non-hydrogen) atoms. The Balaban J connectivity index is 1.81. The van der Waals surface area contributed by atoms with Crippen molar-refractivity contribution >= 4 is 18.4 Å². The Kier molecular flexibility index (Phi) is 3.56. The summed E-state index contributed by atoms with van der Waals surface area (Å²) in [6, 6.07) is 0. The lowest BCUT2D eigenvalue weighted by Crippen LogP contribution is -2.85. The molecule has 6 aliphatic rings. The maximum absolute atomic E-state index is 13.6. The maximum Gasteiger partial charge on any atom is 0.208 e. The van der Waals surface area contributed by atoms with E-state index < -0.39 is 58.6 Å². The molecule has 0 aromatic heterocycles. The maximum atomic E-state index is 13.6. The number of carbonyl (C=O) groups is 1. The average molecular weight is 397 g/mol. The summed E-state index contributed by atoms with van der Waals surface area (Å²) in [5, 5.41) is 45.4. The number of Topliss-reactive ketones (excluding diaryl/α,β-unsaturated/α-hetero) is 1. The van der Waals surface area contributed by atoms with Crippen LogP contribution in [-0.4, -0.2) is 62.7 Å². The van der Waals surface area contributed by atoms with Crippen molar-refractivity contribution in [1.82, 2.24) is 0 Å². The average Bonchev–Trinajstić information content (AvgIpc) is 2.74. The van der Waals surface area contributed by atoms with Gasteiger partial charge in [0, 0.05) is 34.8 Å². The smallest absolute Gasteiger partial charge is 0.208 e. The molecular weight excluding hydrogens is 368 g/mol. The normalized spacial score (nSPS) is 60.3. The number of ketones is 1. The highest BCUT2D eigenvalue weighted by atomic mass is 32.1. The highest BCUT2D eigenvalue weighted by molar-refractivity contribution is 7.80. The number of aliphatic hydroxyl groups excluding tert-OH is 3. The Morgan fingerprint density at radius 3 is 2.59 bits per heavy atom. The number of aliphatic hydroxyl groups is 4. The van der Waals surface area contributed by atoms with E-state index in [0.717, 1.165) is 0 Å². The fourth-order valence-electron chi connectivity index (χ4n) is 7.71. The molecule has 2 aliphatic heterocycles. The van der Waals surface area contributed by atoms with Crippen LogP contribution in [0.5, 0.6) is 0 Å². The molecule has 5 fully saturated rings. The van der Waals surface area contributed by atoms with Crippen molar-refractivity contribution in [1.29, 1.82) is 0 Å². The fraction of sp³-hybridized carbons (Fsp3) is 0.850. The summed E-state index contributed by atoms with van der Waals surface area (Å²) in [7, 11) is 0. The monoisotopic (exact) mass is 396 g/mol. The van der Waals surface area contributed by atoms with Gasteiger partial charge in [0.25, 0.3) is 0 Å². The van der Waals surface area contributed by atoms with Gasteiger partial charge >= 0.3 is 0 Å². The summed E-state index contributed by atoms with van der Waals surface area (Å²) in [4.78, 5) is 13.6. The van der Waals surface area contributed by atoms with Crippen molar-refractivity contribution in [3.63, 3.8) is 0 Å². The zero-order valence-electron chi connectivity index (χ0n) is 15.6. The minimum Gasteiger partial charge on any atom is -0.392 e. The Morgan fingerprint density at radius 1 is 1.22 bits per heavy atom. The highest BCUT2D eigenvalue weighted by Gasteiger charge is 2.86. The molecule has 2 heterocycles. The van der Waals surface area contributed by atoms with Gasteiger partial charge in [-0.05, 0) is 18.3 Å². The van der Waals surface area contributed by atoms with Gasteiger partial charge in [0.15, 0.2) is 5.78 Å². The highest BCUT2D eigenvalue weighted by Crippen LogP contribution is 2.75. The Labute approximate surface area is 164 Å². The van der Waals surface area contributed by atoms with Crippen LogP contribution in [0.15, 0.2) is 12.2 Å². The first-order chi connectivity index (χ1) is 12.6. The van der Waals surface area contributed by atoms with Crippen LogP contribution in [0.4, 0.5) is 0 Å². The number of rotatable bonds is 1. The molecule has 150 valence electrons. The molecular formula is C20H28O6S. The van der Waals surface area contributed by atoms with Crippen molar-refractivity contribution in [2.45, 2.75) is 50.8 Å². The van der Waals surface area contributed by atoms with Crippen LogP contribution in [-0.2, 0) is 9.53 Å². The topological polar surface area (TPSA) is 107 Å². The second-order valence-corrected chi connectivity index (χ2v) is 10.3. The van der Waals surface area contributed by atoms with Crippen molar-refractivity contribution < 1.29 is 30.0 Å². The van der Waals surface area contributed by atoms with Gasteiger partial charge in [-0.25, -0.2) is 0 Å². The van der Waals surface area contributed by atoms with Crippen molar-refractivity contribution in [2.24, 2.45) is 39.9 Å². The molecule has 2 spiro atoms. The third kappa shape index (κ3) is 1.66. The van der Waals surface area contributed by atoms with Gasteiger partial charge in [0.2, 0.25) is 5.79 Å². The van der Waals surface area contributed by atoms with Crippen molar-refractivity contribution in [2.75, 3.05) is 12.4 Å². The van der Waals surface area contributed by atoms with Gasteiger partial charge in [-0.1, -0.05) is 26.0 Å². The molecule has 4 bridgehead atoms. The molecule has 4 aliphatic carbocycles. The predicted molar refractivity (Wildman–Crippen MR) is 98.8 cm³/mol. The number of thiol groups is 1. The van der Waals surface area contributed by atoms with E-state index in [1.165, 1.54) is 0 Å². The third-order valence-corrected chi connectivity index (χ3v) is 9.18. The number of hydrogen-bond acceptors (Lipinski definition) is 7. The number of ether oxygens (including phenoxy) is 1. The van der Waals surface area contributed by atoms with E-state index >= 15 is 0 Å². The lowest BCUT2D eigenvalue weighted by molar-refractivity contribution is -0.448. The number of carbonyl (C=O) groups excluding carboxylic acids is 1. The molecule has 4 N–H and O–H groups in total. The van der Waals surface area contributed by atoms with Crippen molar-refractivity contribution in [3.05, 3.63) is 12.2 Å². The zero-order chi connectivity index (χ0) is 19.6. The van der Waals surface area contributed by atoms with Crippen LogP contribution in [0, 0.1) is 39.9 Å². The van der Waals surface area contributed by atoms with E-state index in [1.54, 1.807) is 0 Å². The van der Waals surface area contributed by atoms with E-state index in [2.05, 4.69) is 12.6 Å². The van der Waals surface area contributed by atoms with E-state index in [-0.39, 0.29) is 23.6 Å². The lowest BCUT2D eigenvalue weighted by atomic mass is 9.36. The first-order valence-corrected chi connectivity index (χ1v) is 10.5. The lowest BCUT2D eigenvalue weighted by Gasteiger charge is -2.74. The quantitative estimate of drug-likeness (QED) is 0.319. The summed E-state index contributed by atoms with van der Waals surface area (Å²) in [5.74, 6) is -4.28. The van der Waals surface area contributed by atoms with Crippen LogP contribution < -0.4 is 0 Å². The SMILES string of the molecule is CC1(C)CC[C@H](O)[C@]23CO[C@](O)([C@@H](O)[C@H]12)[C@]12C(=O)[C@H](CS)[C@H](C=C[C@@H]31)[C@H]2O. The molecule has 6 rings (SSSR count). The number of fused-ring (bicyclic) bond motifs is 2. The summed E-state index contributed by atoms with van der Waals surface area (Å²) in [6.45, 7) is 4.12. The Morgan fingerprint density at radius 2 is 1.93 bits per heavy atom. The Hall–Kier alpha value is -0.440. The van der Waals surface area contributed by atoms with Crippen LogP contribution >= 0.6 is 12.6 Å². The van der Waals surface area contributed by atoms with Gasteiger partial charge in [0.1, 0.15) is 11.5 Å². The van der Waals surface area contributed by atoms with Gasteiger partial charge in [-0.2, -0.15) is 12.6 Å². The molecule has 0 unspecified atom stereocenters. The minimum atomic E-state index is -2.17. The minimum absolute atomic E-state index is 0.0583. The van der Waals surface area contributed by atoms with Crippen LogP contribution in [0.25, 0.3) is 0 Å². The van der Waals surface area contributed by atoms with Crippen LogP contribution in [0.1, 0.15) is 26.7 Å². The van der Waals surface area contributed by atoms with Crippen LogP contribution in [0.2, 0.25) is 0 Å². The van der Waals surface area contributed by atoms with Crippen LogP contribution in [0.3, 0.4) is 0 Å². The van der Waals surface area contributed by atoms with Gasteiger partial charge in [0.05, 0.1) is 18.8 Å². The Bertz CT molecular complexity index is 738. The largest absolute Gasteiger partial charge is 0.392 e. The number of allylic oxidation sites excluding steroid dienone is 1. The summed E-state index contributed by atoms with van der Waals surface area (Å²) < 4.78 is 5.83. The standard InChI is InChI=1S/C20H28O6S/c1-17(2)6-5-12(21)18-8-26-20(25,16(24)13(17)18)19-11(18)4-3-9(14(19)22)10(7-27)15(19)23/h3-4,9-14,16,21-22,24-25,27H,5-8H2,1-2H3/t9-,10+,11-,12-,13+,14+,16-,18+,19+,20+/m0/s1. The van der Waals surface area contributed by atoms with E-state index in [9.17, 15) is 25.2 Å². The molecule has 0 aromatic carbocycles. The van der Waals surface area contributed by atoms with Crippen molar-refractivity contribution in [3.8, 4) is 0 Å². The summed E-state index contributed by atoms with van der Waals surface area (Å²) >= 11 is 4.31. The molecule has 2 saturated heterocycles. The number of hydrogen-bond donors (Lipinski definition) is 5. The molecule has 0 amide bonds. The first-order valence-electron chi connectivity index (χ1n) is 9.84. The van der Waals surface area contributed by atoms with E-state index in [4.69, 9.17) is 4.74 Å². The second kappa shape index (κ2) is 5.18. The van der Waals surface area contributed by atoms with E-state index in [0.29, 0.717) is 12.8 Å². The van der Waals surface area contributed by atoms with Gasteiger partial charge in [-0.3, -0.25) is 4.79 Å². The molecule has 10 atom stereocenters. The molecule has 0 aromatic rings. The summed E-state index contributed by atoms with van der Waals surface area (Å²) in [5.41, 5.74) is -2.93. The predicted octanol–water partition coefficient (Wildman–Crippen LogP) is 0.141. The van der Waals surface area contributed by atoms with Gasteiger partial charge < -0.3 is 25.2 Å².